The summed E-state index contributed by atoms with van der Waals surface area (Å²) in [5, 5.41) is 14.5. The first-order valence-corrected chi connectivity index (χ1v) is 9.71. The van der Waals surface area contributed by atoms with Crippen molar-refractivity contribution in [2.24, 2.45) is 7.05 Å². The van der Waals surface area contributed by atoms with Crippen molar-refractivity contribution in [1.29, 1.82) is 0 Å². The van der Waals surface area contributed by atoms with Crippen molar-refractivity contribution < 1.29 is 9.21 Å². The van der Waals surface area contributed by atoms with E-state index < -0.39 is 0 Å². The van der Waals surface area contributed by atoms with Gasteiger partial charge in [0.05, 0.1) is 17.1 Å². The maximum Gasteiger partial charge on any atom is 0.257 e. The number of thiophene rings is 1. The van der Waals surface area contributed by atoms with Crippen LogP contribution in [0.2, 0.25) is 0 Å². The molecule has 0 aliphatic rings. The molecule has 3 aromatic heterocycles. The average Bonchev–Trinajstić information content (AvgIpc) is 3.36. The van der Waals surface area contributed by atoms with E-state index in [1.54, 1.807) is 11.0 Å². The quantitative estimate of drug-likeness (QED) is 0.581. The topological polar surface area (TPSA) is 77.1 Å². The first kappa shape index (κ1) is 19.0. The van der Waals surface area contributed by atoms with Crippen LogP contribution in [0, 0.1) is 13.8 Å². The van der Waals surface area contributed by atoms with E-state index in [1.165, 1.54) is 11.3 Å². The monoisotopic (exact) mass is 385 g/mol. The van der Waals surface area contributed by atoms with Crippen LogP contribution >= 0.6 is 11.3 Å². The van der Waals surface area contributed by atoms with E-state index >= 15 is 0 Å². The molecule has 3 heterocycles. The normalized spacial score (nSPS) is 11.4. The van der Waals surface area contributed by atoms with Crippen molar-refractivity contribution in [3.63, 3.8) is 0 Å². The fraction of sp³-hybridized carbons (Fsp3) is 0.368. The van der Waals surface area contributed by atoms with Gasteiger partial charge < -0.3 is 9.32 Å². The van der Waals surface area contributed by atoms with Gasteiger partial charge in [-0.3, -0.25) is 9.48 Å². The Labute approximate surface area is 162 Å². The summed E-state index contributed by atoms with van der Waals surface area (Å²) < 4.78 is 7.53. The third-order valence-corrected chi connectivity index (χ3v) is 5.15. The summed E-state index contributed by atoms with van der Waals surface area (Å²) in [5.74, 6) is 0.832. The Kier molecular flexibility index (Phi) is 5.85. The summed E-state index contributed by atoms with van der Waals surface area (Å²) in [6.07, 6.45) is 4.26. The summed E-state index contributed by atoms with van der Waals surface area (Å²) in [4.78, 5) is 15.3. The number of amides is 1. The minimum absolute atomic E-state index is 0.0876. The molecule has 0 spiro atoms. The van der Waals surface area contributed by atoms with E-state index in [9.17, 15) is 4.79 Å². The first-order valence-electron chi connectivity index (χ1n) is 8.83. The molecule has 0 radical (unpaired) electrons. The van der Waals surface area contributed by atoms with Crippen molar-refractivity contribution in [3.05, 3.63) is 46.4 Å². The maximum atomic E-state index is 12.7. The zero-order chi connectivity index (χ0) is 19.4. The van der Waals surface area contributed by atoms with Crippen LogP contribution in [0.5, 0.6) is 0 Å². The Bertz CT molecular complexity index is 940. The Balaban J connectivity index is 1.73. The molecule has 0 saturated carbocycles. The highest BCUT2D eigenvalue weighted by Crippen LogP contribution is 2.23. The highest BCUT2D eigenvalue weighted by molar-refractivity contribution is 7.13. The molecule has 0 atom stereocenters. The fourth-order valence-electron chi connectivity index (χ4n) is 2.81. The van der Waals surface area contributed by atoms with E-state index in [0.29, 0.717) is 24.9 Å². The molecule has 0 aliphatic carbocycles. The fourth-order valence-corrected chi connectivity index (χ4v) is 3.45. The maximum absolute atomic E-state index is 12.7. The number of carbonyl (C=O) groups excluding carboxylic acids is 1. The van der Waals surface area contributed by atoms with E-state index in [4.69, 9.17) is 4.42 Å². The van der Waals surface area contributed by atoms with Crippen molar-refractivity contribution in [2.75, 3.05) is 6.54 Å². The summed E-state index contributed by atoms with van der Waals surface area (Å²) >= 11 is 1.54. The molecular formula is C19H23N5O2S. The number of hydrogen-bond donors (Lipinski definition) is 0. The molecule has 1 amide bonds. The summed E-state index contributed by atoms with van der Waals surface area (Å²) in [5.41, 5.74) is 2.90. The standard InChI is InChI=1S/C19H23N5O2S/c1-5-10-24(12-17-20-21-19(26-17)16-7-6-11-27-16)18(25)9-8-15-13(2)22-23(4)14(15)3/h6-9,11H,5,10,12H2,1-4H3. The lowest BCUT2D eigenvalue weighted by Gasteiger charge is -2.18. The van der Waals surface area contributed by atoms with Crippen LogP contribution in [-0.2, 0) is 18.4 Å². The summed E-state index contributed by atoms with van der Waals surface area (Å²) in [6, 6.07) is 3.86. The number of carbonyl (C=O) groups is 1. The van der Waals surface area contributed by atoms with Crippen molar-refractivity contribution in [3.8, 4) is 10.8 Å². The Morgan fingerprint density at radius 3 is 2.81 bits per heavy atom. The third kappa shape index (κ3) is 4.33. The third-order valence-electron chi connectivity index (χ3n) is 4.29. The van der Waals surface area contributed by atoms with Gasteiger partial charge in [-0.2, -0.15) is 5.10 Å². The second-order valence-corrected chi connectivity index (χ2v) is 7.23. The summed E-state index contributed by atoms with van der Waals surface area (Å²) in [6.45, 7) is 6.86. The molecule has 27 heavy (non-hydrogen) atoms. The van der Waals surface area contributed by atoms with Gasteiger partial charge in [0.25, 0.3) is 5.89 Å². The molecule has 0 bridgehead atoms. The zero-order valence-electron chi connectivity index (χ0n) is 16.0. The molecule has 0 aliphatic heterocycles. The van der Waals surface area contributed by atoms with Crippen LogP contribution in [0.15, 0.2) is 28.0 Å². The predicted octanol–water partition coefficient (Wildman–Crippen LogP) is 3.60. The number of hydrogen-bond acceptors (Lipinski definition) is 6. The molecular weight excluding hydrogens is 362 g/mol. The van der Waals surface area contributed by atoms with Crippen molar-refractivity contribution in [1.82, 2.24) is 24.9 Å². The lowest BCUT2D eigenvalue weighted by molar-refractivity contribution is -0.126. The van der Waals surface area contributed by atoms with Crippen LogP contribution in [0.4, 0.5) is 0 Å². The molecule has 3 rings (SSSR count). The second kappa shape index (κ2) is 8.30. The SMILES string of the molecule is CCCN(Cc1nnc(-c2cccs2)o1)C(=O)C=Cc1c(C)nn(C)c1C. The largest absolute Gasteiger partial charge is 0.418 e. The van der Waals surface area contributed by atoms with Gasteiger partial charge in [0.15, 0.2) is 0 Å². The van der Waals surface area contributed by atoms with Gasteiger partial charge in [-0.1, -0.05) is 13.0 Å². The molecule has 0 N–H and O–H groups in total. The molecule has 142 valence electrons. The highest BCUT2D eigenvalue weighted by Gasteiger charge is 2.16. The van der Waals surface area contributed by atoms with E-state index in [2.05, 4.69) is 15.3 Å². The summed E-state index contributed by atoms with van der Waals surface area (Å²) in [7, 11) is 1.89. The Hall–Kier alpha value is -2.74. The number of aryl methyl sites for hydroxylation is 2. The number of aromatic nitrogens is 4. The lowest BCUT2D eigenvalue weighted by Crippen LogP contribution is -2.29. The van der Waals surface area contributed by atoms with Gasteiger partial charge in [-0.15, -0.1) is 21.5 Å². The van der Waals surface area contributed by atoms with Gasteiger partial charge >= 0.3 is 0 Å². The van der Waals surface area contributed by atoms with Gasteiger partial charge in [-0.25, -0.2) is 0 Å². The van der Waals surface area contributed by atoms with E-state index in [0.717, 1.165) is 28.2 Å². The molecule has 7 nitrogen and oxygen atoms in total. The van der Waals surface area contributed by atoms with Gasteiger partial charge in [0, 0.05) is 30.9 Å². The van der Waals surface area contributed by atoms with Gasteiger partial charge in [0.2, 0.25) is 11.8 Å². The minimum Gasteiger partial charge on any atom is -0.418 e. The van der Waals surface area contributed by atoms with Crippen LogP contribution in [-0.4, -0.2) is 37.3 Å². The zero-order valence-corrected chi connectivity index (χ0v) is 16.8. The molecule has 0 unspecified atom stereocenters. The molecule has 0 fully saturated rings. The van der Waals surface area contributed by atoms with Gasteiger partial charge in [0.1, 0.15) is 0 Å². The number of nitrogens with zero attached hydrogens (tertiary/aromatic N) is 5. The second-order valence-electron chi connectivity index (χ2n) is 6.28. The predicted molar refractivity (Wildman–Crippen MR) is 105 cm³/mol. The van der Waals surface area contributed by atoms with Crippen molar-refractivity contribution in [2.45, 2.75) is 33.7 Å². The number of rotatable bonds is 7. The minimum atomic E-state index is -0.0876. The van der Waals surface area contributed by atoms with Gasteiger partial charge in [-0.05, 0) is 37.8 Å². The molecule has 8 heteroatoms. The van der Waals surface area contributed by atoms with E-state index in [-0.39, 0.29) is 5.91 Å². The van der Waals surface area contributed by atoms with Crippen molar-refractivity contribution >= 4 is 23.3 Å². The molecule has 0 aromatic carbocycles. The highest BCUT2D eigenvalue weighted by atomic mass is 32.1. The average molecular weight is 385 g/mol. The Morgan fingerprint density at radius 1 is 1.37 bits per heavy atom. The Morgan fingerprint density at radius 2 is 2.19 bits per heavy atom. The van der Waals surface area contributed by atoms with Crippen LogP contribution in [0.25, 0.3) is 16.8 Å². The van der Waals surface area contributed by atoms with Crippen LogP contribution in [0.3, 0.4) is 0 Å². The van der Waals surface area contributed by atoms with Crippen LogP contribution in [0.1, 0.15) is 36.2 Å². The first-order chi connectivity index (χ1) is 13.0. The van der Waals surface area contributed by atoms with Crippen LogP contribution < -0.4 is 0 Å². The molecule has 3 aromatic rings. The molecule has 0 saturated heterocycles. The van der Waals surface area contributed by atoms with E-state index in [1.807, 2.05) is 56.1 Å². The lowest BCUT2D eigenvalue weighted by atomic mass is 10.2. The smallest absolute Gasteiger partial charge is 0.257 e.